The Hall–Kier alpha value is -0.0800. The van der Waals surface area contributed by atoms with Crippen LogP contribution in [-0.2, 0) is 0 Å². The van der Waals surface area contributed by atoms with Gasteiger partial charge in [-0.25, -0.2) is 0 Å². The highest BCUT2D eigenvalue weighted by Gasteiger charge is 2.35. The summed E-state index contributed by atoms with van der Waals surface area (Å²) in [6, 6.07) is 0.820. The number of nitrogens with zero attached hydrogens (tertiary/aromatic N) is 2. The molecule has 1 saturated carbocycles. The van der Waals surface area contributed by atoms with Crippen molar-refractivity contribution < 1.29 is 0 Å². The molecule has 0 aromatic heterocycles. The Balaban J connectivity index is 0.00000116. The molecule has 132 valence electrons. The molecule has 2 aliphatic rings. The van der Waals surface area contributed by atoms with Gasteiger partial charge in [-0.15, -0.1) is 0 Å². The van der Waals surface area contributed by atoms with Crippen LogP contribution >= 0.6 is 0 Å². The SMILES string of the molecule is CC.CCC1(CCN(C)C2CN(C)C2)CCC(C(C)C)CC1. The van der Waals surface area contributed by atoms with E-state index in [1.165, 1.54) is 58.2 Å². The Kier molecular flexibility index (Phi) is 8.42. The molecule has 0 bridgehead atoms. The number of likely N-dealkylation sites (N-methyl/N-ethyl adjacent to an activating group) is 2. The Morgan fingerprint density at radius 2 is 1.68 bits per heavy atom. The standard InChI is InChI=1S/C18H36N2.C2H6/c1-6-18(9-7-16(8-10-18)15(2)3)11-12-20(5)17-13-19(4)14-17;1-2/h15-17H,6-14H2,1-5H3;1-2H3. The molecule has 0 atom stereocenters. The molecule has 1 aliphatic heterocycles. The van der Waals surface area contributed by atoms with Crippen LogP contribution in [0, 0.1) is 17.3 Å². The van der Waals surface area contributed by atoms with Crippen molar-refractivity contribution >= 4 is 0 Å². The van der Waals surface area contributed by atoms with Gasteiger partial charge in [0.15, 0.2) is 0 Å². The second-order valence-corrected chi connectivity index (χ2v) is 8.04. The van der Waals surface area contributed by atoms with E-state index in [2.05, 4.69) is 44.7 Å². The highest BCUT2D eigenvalue weighted by molar-refractivity contribution is 4.89. The quantitative estimate of drug-likeness (QED) is 0.689. The topological polar surface area (TPSA) is 6.48 Å². The summed E-state index contributed by atoms with van der Waals surface area (Å²) in [6.45, 7) is 15.1. The van der Waals surface area contributed by atoms with Gasteiger partial charge in [-0.3, -0.25) is 0 Å². The van der Waals surface area contributed by atoms with Gasteiger partial charge < -0.3 is 9.80 Å². The first kappa shape index (κ1) is 20.0. The van der Waals surface area contributed by atoms with E-state index in [0.29, 0.717) is 5.41 Å². The third-order valence-electron chi connectivity index (χ3n) is 6.45. The van der Waals surface area contributed by atoms with Crippen molar-refractivity contribution in [2.24, 2.45) is 17.3 Å². The molecule has 0 aromatic carbocycles. The molecule has 1 aliphatic carbocycles. The second kappa shape index (κ2) is 9.27. The first-order valence-electron chi connectivity index (χ1n) is 9.84. The molecule has 0 unspecified atom stereocenters. The van der Waals surface area contributed by atoms with Crippen LogP contribution in [0.1, 0.15) is 73.1 Å². The lowest BCUT2D eigenvalue weighted by atomic mass is 9.65. The molecule has 2 nitrogen and oxygen atoms in total. The Morgan fingerprint density at radius 1 is 1.14 bits per heavy atom. The van der Waals surface area contributed by atoms with E-state index in [-0.39, 0.29) is 0 Å². The van der Waals surface area contributed by atoms with Gasteiger partial charge in [0, 0.05) is 19.1 Å². The fraction of sp³-hybridized carbons (Fsp3) is 1.00. The average Bonchev–Trinajstić information content (AvgIpc) is 2.52. The first-order valence-corrected chi connectivity index (χ1v) is 9.84. The smallest absolute Gasteiger partial charge is 0.0347 e. The maximum atomic E-state index is 2.62. The van der Waals surface area contributed by atoms with Crippen LogP contribution in [0.15, 0.2) is 0 Å². The molecule has 2 rings (SSSR count). The average molecular weight is 311 g/mol. The molecule has 0 aromatic rings. The highest BCUT2D eigenvalue weighted by atomic mass is 15.3. The lowest BCUT2D eigenvalue weighted by molar-refractivity contribution is 0.0454. The summed E-state index contributed by atoms with van der Waals surface area (Å²) in [5, 5.41) is 0. The molecular formula is C20H42N2. The molecule has 0 amide bonds. The van der Waals surface area contributed by atoms with Crippen LogP contribution in [-0.4, -0.2) is 49.6 Å². The van der Waals surface area contributed by atoms with Gasteiger partial charge >= 0.3 is 0 Å². The van der Waals surface area contributed by atoms with Gasteiger partial charge in [-0.05, 0) is 70.0 Å². The fourth-order valence-corrected chi connectivity index (χ4v) is 4.24. The van der Waals surface area contributed by atoms with Crippen molar-refractivity contribution in [3.05, 3.63) is 0 Å². The van der Waals surface area contributed by atoms with Crippen molar-refractivity contribution in [1.29, 1.82) is 0 Å². The van der Waals surface area contributed by atoms with E-state index in [1.807, 2.05) is 13.8 Å². The Morgan fingerprint density at radius 3 is 2.09 bits per heavy atom. The Labute approximate surface area is 140 Å². The number of hydrogen-bond donors (Lipinski definition) is 0. The molecule has 2 fully saturated rings. The minimum atomic E-state index is 0.662. The predicted molar refractivity (Wildman–Crippen MR) is 99.4 cm³/mol. The van der Waals surface area contributed by atoms with E-state index < -0.39 is 0 Å². The van der Waals surface area contributed by atoms with Gasteiger partial charge in [0.05, 0.1) is 0 Å². The van der Waals surface area contributed by atoms with Gasteiger partial charge in [0.2, 0.25) is 0 Å². The van der Waals surface area contributed by atoms with Crippen molar-refractivity contribution in [2.75, 3.05) is 33.7 Å². The number of rotatable bonds is 6. The zero-order valence-corrected chi connectivity index (χ0v) is 16.5. The van der Waals surface area contributed by atoms with Crippen LogP contribution in [0.25, 0.3) is 0 Å². The summed E-state index contributed by atoms with van der Waals surface area (Å²) < 4.78 is 0. The van der Waals surface area contributed by atoms with E-state index in [0.717, 1.165) is 17.9 Å². The van der Waals surface area contributed by atoms with Gasteiger partial charge in [-0.1, -0.05) is 41.0 Å². The fourth-order valence-electron chi connectivity index (χ4n) is 4.24. The monoisotopic (exact) mass is 310 g/mol. The van der Waals surface area contributed by atoms with Crippen LogP contribution in [0.5, 0.6) is 0 Å². The lowest BCUT2D eigenvalue weighted by Crippen LogP contribution is -2.57. The van der Waals surface area contributed by atoms with Crippen molar-refractivity contribution in [1.82, 2.24) is 9.80 Å². The van der Waals surface area contributed by atoms with Crippen LogP contribution < -0.4 is 0 Å². The highest BCUT2D eigenvalue weighted by Crippen LogP contribution is 2.46. The third-order valence-corrected chi connectivity index (χ3v) is 6.45. The molecule has 22 heavy (non-hydrogen) atoms. The van der Waals surface area contributed by atoms with E-state index in [4.69, 9.17) is 0 Å². The summed E-state index contributed by atoms with van der Waals surface area (Å²) in [5.41, 5.74) is 0.662. The molecule has 1 heterocycles. The Bertz CT molecular complexity index is 286. The normalized spacial score (nSPS) is 30.1. The van der Waals surface area contributed by atoms with Crippen LogP contribution in [0.2, 0.25) is 0 Å². The van der Waals surface area contributed by atoms with E-state index in [9.17, 15) is 0 Å². The largest absolute Gasteiger partial charge is 0.303 e. The summed E-state index contributed by atoms with van der Waals surface area (Å²) in [4.78, 5) is 5.04. The van der Waals surface area contributed by atoms with Crippen molar-refractivity contribution in [3.63, 3.8) is 0 Å². The maximum absolute atomic E-state index is 2.62. The predicted octanol–water partition coefficient (Wildman–Crippen LogP) is 4.89. The number of hydrogen-bond acceptors (Lipinski definition) is 2. The summed E-state index contributed by atoms with van der Waals surface area (Å²) in [7, 11) is 4.56. The molecule has 0 spiro atoms. The first-order chi connectivity index (χ1) is 10.5. The summed E-state index contributed by atoms with van der Waals surface area (Å²) >= 11 is 0. The van der Waals surface area contributed by atoms with Gasteiger partial charge in [-0.2, -0.15) is 0 Å². The molecular weight excluding hydrogens is 268 g/mol. The second-order valence-electron chi connectivity index (χ2n) is 8.04. The van der Waals surface area contributed by atoms with E-state index >= 15 is 0 Å². The van der Waals surface area contributed by atoms with Crippen LogP contribution in [0.3, 0.4) is 0 Å². The molecule has 0 radical (unpaired) electrons. The van der Waals surface area contributed by atoms with Crippen LogP contribution in [0.4, 0.5) is 0 Å². The summed E-state index contributed by atoms with van der Waals surface area (Å²) in [6.07, 6.45) is 8.71. The van der Waals surface area contributed by atoms with Gasteiger partial charge in [0.25, 0.3) is 0 Å². The zero-order chi connectivity index (χ0) is 16.8. The molecule has 1 saturated heterocycles. The molecule has 0 N–H and O–H groups in total. The number of likely N-dealkylation sites (tertiary alicyclic amines) is 1. The molecule has 2 heteroatoms. The van der Waals surface area contributed by atoms with E-state index in [1.54, 1.807) is 0 Å². The lowest BCUT2D eigenvalue weighted by Gasteiger charge is -2.45. The maximum Gasteiger partial charge on any atom is 0.0347 e. The minimum absolute atomic E-state index is 0.662. The third kappa shape index (κ3) is 5.23. The summed E-state index contributed by atoms with van der Waals surface area (Å²) in [5.74, 6) is 1.88. The van der Waals surface area contributed by atoms with Crippen molar-refractivity contribution in [2.45, 2.75) is 79.2 Å². The zero-order valence-electron chi connectivity index (χ0n) is 16.5. The van der Waals surface area contributed by atoms with Crippen molar-refractivity contribution in [3.8, 4) is 0 Å². The van der Waals surface area contributed by atoms with Gasteiger partial charge in [0.1, 0.15) is 0 Å². The minimum Gasteiger partial charge on any atom is -0.303 e.